The lowest BCUT2D eigenvalue weighted by atomic mass is 10.1. The van der Waals surface area contributed by atoms with Gasteiger partial charge in [-0.15, -0.1) is 0 Å². The zero-order valence-corrected chi connectivity index (χ0v) is 17.3. The van der Waals surface area contributed by atoms with E-state index in [1.54, 1.807) is 36.4 Å². The number of aromatic nitrogens is 4. The summed E-state index contributed by atoms with van der Waals surface area (Å²) in [6.07, 6.45) is 4.04. The van der Waals surface area contributed by atoms with E-state index in [0.717, 1.165) is 5.39 Å². The predicted octanol–water partition coefficient (Wildman–Crippen LogP) is 2.37. The molecule has 10 heteroatoms. The fourth-order valence-electron chi connectivity index (χ4n) is 3.45. The van der Waals surface area contributed by atoms with Gasteiger partial charge in [-0.2, -0.15) is 15.1 Å². The number of rotatable bonds is 7. The predicted molar refractivity (Wildman–Crippen MR) is 113 cm³/mol. The number of morpholine rings is 1. The molecule has 1 aromatic carbocycles. The normalized spacial score (nSPS) is 16.4. The molecule has 5 rings (SSSR count). The number of benzene rings is 1. The number of methoxy groups -OCH3 is 1. The maximum atomic E-state index is 12.8. The van der Waals surface area contributed by atoms with E-state index in [2.05, 4.69) is 25.5 Å². The van der Waals surface area contributed by atoms with Crippen molar-refractivity contribution in [3.05, 3.63) is 30.0 Å². The van der Waals surface area contributed by atoms with E-state index in [0.29, 0.717) is 73.3 Å². The summed E-state index contributed by atoms with van der Waals surface area (Å²) in [5.74, 6) is 1.93. The SMILES string of the molecule is COc1cc(C(=O)N2CCOCC2)ccc1Nc1nc(OCC2CC2)c2cn[nH]c2n1. The van der Waals surface area contributed by atoms with Crippen LogP contribution < -0.4 is 14.8 Å². The topological polar surface area (TPSA) is 114 Å². The third-order valence-electron chi connectivity index (χ3n) is 5.42. The van der Waals surface area contributed by atoms with Gasteiger partial charge in [-0.1, -0.05) is 0 Å². The van der Waals surface area contributed by atoms with Gasteiger partial charge in [0.25, 0.3) is 5.91 Å². The van der Waals surface area contributed by atoms with E-state index in [1.165, 1.54) is 12.8 Å². The van der Waals surface area contributed by atoms with Gasteiger partial charge in [-0.25, -0.2) is 0 Å². The molecule has 162 valence electrons. The maximum absolute atomic E-state index is 12.8. The van der Waals surface area contributed by atoms with Crippen molar-refractivity contribution in [3.63, 3.8) is 0 Å². The Bertz CT molecular complexity index is 1090. The Hall–Kier alpha value is -3.40. The lowest BCUT2D eigenvalue weighted by Crippen LogP contribution is -2.40. The van der Waals surface area contributed by atoms with Gasteiger partial charge in [-0.05, 0) is 37.0 Å². The summed E-state index contributed by atoms with van der Waals surface area (Å²) in [6.45, 7) is 2.92. The van der Waals surface area contributed by atoms with Crippen molar-refractivity contribution in [2.24, 2.45) is 5.92 Å². The molecule has 2 N–H and O–H groups in total. The van der Waals surface area contributed by atoms with E-state index in [1.807, 2.05) is 0 Å². The summed E-state index contributed by atoms with van der Waals surface area (Å²) in [4.78, 5) is 23.6. The summed E-state index contributed by atoms with van der Waals surface area (Å²) in [5, 5.41) is 10.8. The number of aromatic amines is 1. The molecule has 2 aromatic heterocycles. The number of nitrogens with one attached hydrogen (secondary N) is 2. The lowest BCUT2D eigenvalue weighted by molar-refractivity contribution is 0.0302. The minimum atomic E-state index is -0.0426. The van der Waals surface area contributed by atoms with Gasteiger partial charge in [0, 0.05) is 18.7 Å². The van der Waals surface area contributed by atoms with Crippen LogP contribution in [0, 0.1) is 5.92 Å². The largest absolute Gasteiger partial charge is 0.495 e. The molecule has 3 aromatic rings. The van der Waals surface area contributed by atoms with Crippen molar-refractivity contribution in [2.75, 3.05) is 45.3 Å². The van der Waals surface area contributed by atoms with Crippen LogP contribution in [0.2, 0.25) is 0 Å². The Labute approximate surface area is 178 Å². The van der Waals surface area contributed by atoms with E-state index in [-0.39, 0.29) is 5.91 Å². The molecule has 31 heavy (non-hydrogen) atoms. The second kappa shape index (κ2) is 8.38. The molecule has 1 saturated heterocycles. The summed E-state index contributed by atoms with van der Waals surface area (Å²) in [7, 11) is 1.56. The average molecular weight is 424 g/mol. The molecule has 1 aliphatic carbocycles. The quantitative estimate of drug-likeness (QED) is 0.594. The molecule has 2 fully saturated rings. The van der Waals surface area contributed by atoms with Crippen LogP contribution in [0.4, 0.5) is 11.6 Å². The molecule has 1 aliphatic heterocycles. The molecular formula is C21H24N6O4. The molecule has 0 unspecified atom stereocenters. The van der Waals surface area contributed by atoms with Gasteiger partial charge in [0.2, 0.25) is 11.8 Å². The van der Waals surface area contributed by atoms with Crippen molar-refractivity contribution >= 4 is 28.6 Å². The molecule has 0 bridgehead atoms. The summed E-state index contributed by atoms with van der Waals surface area (Å²) in [5.41, 5.74) is 1.79. The van der Waals surface area contributed by atoms with Crippen LogP contribution in [-0.2, 0) is 4.74 Å². The van der Waals surface area contributed by atoms with Gasteiger partial charge in [0.05, 0.1) is 38.8 Å². The first-order valence-corrected chi connectivity index (χ1v) is 10.4. The van der Waals surface area contributed by atoms with Gasteiger partial charge < -0.3 is 24.4 Å². The van der Waals surface area contributed by atoms with Crippen molar-refractivity contribution in [1.29, 1.82) is 0 Å². The fourth-order valence-corrected chi connectivity index (χ4v) is 3.45. The Balaban J connectivity index is 1.38. The number of anilines is 2. The van der Waals surface area contributed by atoms with Gasteiger partial charge >= 0.3 is 0 Å². The highest BCUT2D eigenvalue weighted by Crippen LogP contribution is 2.32. The average Bonchev–Trinajstić information content (AvgIpc) is 3.52. The standard InChI is InChI=1S/C21H24N6O4/c1-29-17-10-14(20(28)27-6-8-30-9-7-27)4-5-16(17)23-21-24-18-15(11-22-26-18)19(25-21)31-12-13-2-3-13/h4-5,10-11,13H,2-3,6-9,12H2,1H3,(H2,22,23,24,25,26). The van der Waals surface area contributed by atoms with Crippen LogP contribution in [0.3, 0.4) is 0 Å². The van der Waals surface area contributed by atoms with Crippen LogP contribution >= 0.6 is 0 Å². The van der Waals surface area contributed by atoms with E-state index < -0.39 is 0 Å². The van der Waals surface area contributed by atoms with Crippen molar-refractivity contribution in [3.8, 4) is 11.6 Å². The maximum Gasteiger partial charge on any atom is 0.254 e. The molecule has 1 amide bonds. The van der Waals surface area contributed by atoms with E-state index in [9.17, 15) is 4.79 Å². The number of carbonyl (C=O) groups excluding carboxylic acids is 1. The smallest absolute Gasteiger partial charge is 0.254 e. The number of amides is 1. The highest BCUT2D eigenvalue weighted by atomic mass is 16.5. The molecule has 10 nitrogen and oxygen atoms in total. The zero-order chi connectivity index (χ0) is 21.2. The van der Waals surface area contributed by atoms with Crippen LogP contribution in [0.15, 0.2) is 24.4 Å². The summed E-state index contributed by atoms with van der Waals surface area (Å²) < 4.78 is 16.8. The Morgan fingerprint density at radius 3 is 2.90 bits per heavy atom. The Kier molecular flexibility index (Phi) is 5.29. The first-order valence-electron chi connectivity index (χ1n) is 10.4. The molecular weight excluding hydrogens is 400 g/mol. The first kappa shape index (κ1) is 19.6. The number of ether oxygens (including phenoxy) is 3. The molecule has 0 atom stereocenters. The number of hydrogen-bond donors (Lipinski definition) is 2. The minimum Gasteiger partial charge on any atom is -0.495 e. The molecule has 2 aliphatic rings. The summed E-state index contributed by atoms with van der Waals surface area (Å²) in [6, 6.07) is 5.28. The number of fused-ring (bicyclic) bond motifs is 1. The molecule has 1 saturated carbocycles. The zero-order valence-electron chi connectivity index (χ0n) is 17.3. The van der Waals surface area contributed by atoms with Crippen molar-refractivity contribution in [1.82, 2.24) is 25.1 Å². The van der Waals surface area contributed by atoms with E-state index >= 15 is 0 Å². The lowest BCUT2D eigenvalue weighted by Gasteiger charge is -2.27. The molecule has 0 spiro atoms. The monoisotopic (exact) mass is 424 g/mol. The third-order valence-corrected chi connectivity index (χ3v) is 5.42. The van der Waals surface area contributed by atoms with Gasteiger partial charge in [0.1, 0.15) is 11.1 Å². The van der Waals surface area contributed by atoms with E-state index in [4.69, 9.17) is 14.2 Å². The van der Waals surface area contributed by atoms with Gasteiger partial charge in [0.15, 0.2) is 5.65 Å². The highest BCUT2D eigenvalue weighted by molar-refractivity contribution is 5.95. The molecule has 3 heterocycles. The minimum absolute atomic E-state index is 0.0426. The van der Waals surface area contributed by atoms with Crippen LogP contribution in [0.5, 0.6) is 11.6 Å². The first-order chi connectivity index (χ1) is 15.2. The van der Waals surface area contributed by atoms with Crippen LogP contribution in [0.1, 0.15) is 23.2 Å². The fraction of sp³-hybridized carbons (Fsp3) is 0.429. The molecule has 0 radical (unpaired) electrons. The number of carbonyl (C=O) groups is 1. The summed E-state index contributed by atoms with van der Waals surface area (Å²) >= 11 is 0. The second-order valence-electron chi connectivity index (χ2n) is 7.68. The van der Waals surface area contributed by atoms with Crippen LogP contribution in [-0.4, -0.2) is 71.0 Å². The van der Waals surface area contributed by atoms with Crippen molar-refractivity contribution < 1.29 is 19.0 Å². The van der Waals surface area contributed by atoms with Crippen molar-refractivity contribution in [2.45, 2.75) is 12.8 Å². The van der Waals surface area contributed by atoms with Gasteiger partial charge in [-0.3, -0.25) is 9.89 Å². The second-order valence-corrected chi connectivity index (χ2v) is 7.68. The number of nitrogens with zero attached hydrogens (tertiary/aromatic N) is 4. The Morgan fingerprint density at radius 1 is 1.29 bits per heavy atom. The number of hydrogen-bond acceptors (Lipinski definition) is 8. The highest BCUT2D eigenvalue weighted by Gasteiger charge is 2.23. The third kappa shape index (κ3) is 4.24. The Morgan fingerprint density at radius 2 is 2.13 bits per heavy atom. The van der Waals surface area contributed by atoms with Crippen LogP contribution in [0.25, 0.3) is 11.0 Å². The number of H-pyrrole nitrogens is 1.